The van der Waals surface area contributed by atoms with E-state index in [1.807, 2.05) is 64.3 Å². The number of H-pyrrole nitrogens is 1. The maximum absolute atomic E-state index is 4.75. The van der Waals surface area contributed by atoms with Crippen LogP contribution >= 0.6 is 15.9 Å². The Morgan fingerprint density at radius 2 is 1.10 bits per heavy atom. The second-order valence-electron chi connectivity index (χ2n) is 15.3. The number of aromatic amines is 1. The lowest BCUT2D eigenvalue weighted by atomic mass is 10.0. The summed E-state index contributed by atoms with van der Waals surface area (Å²) in [5.74, 6) is 0.563. The standard InChI is InChI=1S/C26H26N8.C19H21BrN4/c1-2-12-33(13-3-1)14-11-19-7-9-20(10-8-19)23-16-27-26-24(17-28-34(26)18-23)21-5-4-6-22(15-21)25-29-31-32-30-25;20-18-13-22-24-14-17(12-21-19(18)24)16-6-4-15(5-7-16)8-11-23-9-2-1-3-10-23/h4-10,15-18H,1-3,11-14H2,(H,29,30,31,32);4-7,12-14H,1-3,8-11H2. The third-order valence-electron chi connectivity index (χ3n) is 11.4. The summed E-state index contributed by atoms with van der Waals surface area (Å²) in [5, 5.41) is 23.2. The molecule has 7 heterocycles. The molecule has 12 nitrogen and oxygen atoms in total. The van der Waals surface area contributed by atoms with Gasteiger partial charge in [0.2, 0.25) is 5.82 Å². The molecule has 3 aromatic carbocycles. The molecule has 2 saturated heterocycles. The van der Waals surface area contributed by atoms with Gasteiger partial charge < -0.3 is 9.80 Å². The maximum Gasteiger partial charge on any atom is 0.204 e. The van der Waals surface area contributed by atoms with Gasteiger partial charge in [0.15, 0.2) is 11.3 Å². The maximum atomic E-state index is 4.75. The minimum absolute atomic E-state index is 0.563. The molecule has 0 radical (unpaired) electrons. The van der Waals surface area contributed by atoms with Crippen molar-refractivity contribution in [2.45, 2.75) is 51.4 Å². The van der Waals surface area contributed by atoms with Crippen molar-refractivity contribution in [2.24, 2.45) is 0 Å². The molecule has 2 aliphatic heterocycles. The number of benzene rings is 3. The Hall–Kier alpha value is -5.63. The third-order valence-corrected chi connectivity index (χ3v) is 11.9. The summed E-state index contributed by atoms with van der Waals surface area (Å²) in [4.78, 5) is 14.4. The fraction of sp³-hybridized carbons (Fsp3) is 0.311. The molecule has 294 valence electrons. The molecule has 58 heavy (non-hydrogen) atoms. The Morgan fingerprint density at radius 1 is 0.552 bits per heavy atom. The van der Waals surface area contributed by atoms with Crippen LogP contribution in [0.1, 0.15) is 49.7 Å². The van der Waals surface area contributed by atoms with Crippen LogP contribution in [0.2, 0.25) is 0 Å². The normalized spacial score (nSPS) is 15.1. The van der Waals surface area contributed by atoms with Crippen molar-refractivity contribution in [3.63, 3.8) is 0 Å². The van der Waals surface area contributed by atoms with Gasteiger partial charge in [-0.15, -0.1) is 10.2 Å². The van der Waals surface area contributed by atoms with Gasteiger partial charge in [-0.25, -0.2) is 19.0 Å². The highest BCUT2D eigenvalue weighted by Crippen LogP contribution is 2.29. The molecule has 1 N–H and O–H groups in total. The van der Waals surface area contributed by atoms with E-state index in [0.717, 1.165) is 68.5 Å². The van der Waals surface area contributed by atoms with Gasteiger partial charge in [0.25, 0.3) is 0 Å². The molecule has 0 spiro atoms. The van der Waals surface area contributed by atoms with Crippen LogP contribution in [0, 0.1) is 0 Å². The Kier molecular flexibility index (Phi) is 11.7. The van der Waals surface area contributed by atoms with Crippen LogP contribution in [0.25, 0.3) is 56.1 Å². The van der Waals surface area contributed by atoms with Crippen molar-refractivity contribution in [2.75, 3.05) is 39.3 Å². The molecule has 8 aromatic rings. The van der Waals surface area contributed by atoms with Crippen molar-refractivity contribution in [1.82, 2.24) is 59.6 Å². The number of rotatable bonds is 10. The number of halogens is 1. The Morgan fingerprint density at radius 3 is 1.69 bits per heavy atom. The second-order valence-corrected chi connectivity index (χ2v) is 16.1. The van der Waals surface area contributed by atoms with E-state index in [4.69, 9.17) is 4.98 Å². The molecular weight excluding hydrogens is 788 g/mol. The number of likely N-dealkylation sites (tertiary alicyclic amines) is 2. The average molecular weight is 836 g/mol. The molecule has 10 rings (SSSR count). The molecule has 0 saturated carbocycles. The number of nitrogens with one attached hydrogen (secondary N) is 1. The molecule has 0 amide bonds. The highest BCUT2D eigenvalue weighted by molar-refractivity contribution is 9.10. The van der Waals surface area contributed by atoms with Crippen LogP contribution in [0.3, 0.4) is 0 Å². The molecule has 0 atom stereocenters. The van der Waals surface area contributed by atoms with Crippen LogP contribution in [0.4, 0.5) is 0 Å². The lowest BCUT2D eigenvalue weighted by molar-refractivity contribution is 0.231. The first kappa shape index (κ1) is 37.9. The summed E-state index contributed by atoms with van der Waals surface area (Å²) >= 11 is 3.46. The molecule has 0 bridgehead atoms. The quantitative estimate of drug-likeness (QED) is 0.145. The zero-order chi connectivity index (χ0) is 39.1. The molecule has 0 unspecified atom stereocenters. The topological polar surface area (TPSA) is 121 Å². The van der Waals surface area contributed by atoms with Gasteiger partial charge in [0, 0.05) is 60.1 Å². The molecule has 13 heteroatoms. The fourth-order valence-corrected chi connectivity index (χ4v) is 8.38. The number of hydrogen-bond donors (Lipinski definition) is 1. The third kappa shape index (κ3) is 8.91. The monoisotopic (exact) mass is 834 g/mol. The number of hydrogen-bond acceptors (Lipinski definition) is 9. The average Bonchev–Trinajstić information content (AvgIpc) is 4.07. The predicted octanol–water partition coefficient (Wildman–Crippen LogP) is 8.46. The predicted molar refractivity (Wildman–Crippen MR) is 231 cm³/mol. The smallest absolute Gasteiger partial charge is 0.204 e. The Labute approximate surface area is 346 Å². The lowest BCUT2D eigenvalue weighted by Gasteiger charge is -2.26. The molecule has 2 aliphatic rings. The van der Waals surface area contributed by atoms with E-state index >= 15 is 0 Å². The fourth-order valence-electron chi connectivity index (χ4n) is 8.00. The van der Waals surface area contributed by atoms with Gasteiger partial charge in [-0.05, 0) is 120 Å². The number of fused-ring (bicyclic) bond motifs is 2. The molecule has 0 aliphatic carbocycles. The van der Waals surface area contributed by atoms with Gasteiger partial charge in [-0.2, -0.15) is 15.4 Å². The van der Waals surface area contributed by atoms with Crippen molar-refractivity contribution in [1.29, 1.82) is 0 Å². The van der Waals surface area contributed by atoms with Crippen LogP contribution in [0.5, 0.6) is 0 Å². The van der Waals surface area contributed by atoms with E-state index in [0.29, 0.717) is 5.82 Å². The SMILES string of the molecule is Brc1cnn2cc(-c3ccc(CCN4CCCCC4)cc3)cnc12.c1cc(-c2nn[nH]n2)cc(-c2cnn3cc(-c4ccc(CCN5CCCCC5)cc4)cnc23)c1. The van der Waals surface area contributed by atoms with E-state index in [2.05, 4.69) is 110 Å². The Balaban J connectivity index is 0.000000160. The first-order valence-corrected chi connectivity index (χ1v) is 21.2. The summed E-state index contributed by atoms with van der Waals surface area (Å²) in [7, 11) is 0. The van der Waals surface area contributed by atoms with Crippen LogP contribution in [-0.4, -0.2) is 98.9 Å². The highest BCUT2D eigenvalue weighted by Gasteiger charge is 2.14. The van der Waals surface area contributed by atoms with Crippen molar-refractivity contribution in [3.8, 4) is 44.8 Å². The van der Waals surface area contributed by atoms with Crippen molar-refractivity contribution in [3.05, 3.63) is 126 Å². The van der Waals surface area contributed by atoms with Crippen LogP contribution in [0.15, 0.2) is 114 Å². The Bertz CT molecular complexity index is 2550. The first-order chi connectivity index (χ1) is 28.6. The highest BCUT2D eigenvalue weighted by atomic mass is 79.9. The summed E-state index contributed by atoms with van der Waals surface area (Å²) in [6, 6.07) is 25.7. The van der Waals surface area contributed by atoms with Crippen molar-refractivity contribution >= 4 is 27.2 Å². The lowest BCUT2D eigenvalue weighted by Crippen LogP contribution is -2.31. The summed E-state index contributed by atoms with van der Waals surface area (Å²) < 4.78 is 4.57. The van der Waals surface area contributed by atoms with E-state index in [1.54, 1.807) is 6.20 Å². The molecular formula is C45H47BrN12. The molecule has 5 aromatic heterocycles. The minimum atomic E-state index is 0.563. The number of nitrogens with zero attached hydrogens (tertiary/aromatic N) is 11. The zero-order valence-electron chi connectivity index (χ0n) is 32.6. The summed E-state index contributed by atoms with van der Waals surface area (Å²) in [5.41, 5.74) is 11.8. The summed E-state index contributed by atoms with van der Waals surface area (Å²) in [6.45, 7) is 7.35. The van der Waals surface area contributed by atoms with Gasteiger partial charge in [-0.1, -0.05) is 79.6 Å². The summed E-state index contributed by atoms with van der Waals surface area (Å²) in [6.07, 6.45) is 21.9. The van der Waals surface area contributed by atoms with Crippen LogP contribution in [-0.2, 0) is 12.8 Å². The van der Waals surface area contributed by atoms with Crippen LogP contribution < -0.4 is 0 Å². The zero-order valence-corrected chi connectivity index (χ0v) is 34.2. The van der Waals surface area contributed by atoms with E-state index in [-0.39, 0.29) is 0 Å². The van der Waals surface area contributed by atoms with Gasteiger partial charge in [-0.3, -0.25) is 0 Å². The van der Waals surface area contributed by atoms with Gasteiger partial charge in [0.05, 0.1) is 16.9 Å². The molecule has 2 fully saturated rings. The second kappa shape index (κ2) is 17.9. The van der Waals surface area contributed by atoms with E-state index in [9.17, 15) is 0 Å². The number of tetrazole rings is 1. The largest absolute Gasteiger partial charge is 0.303 e. The van der Waals surface area contributed by atoms with Gasteiger partial charge >= 0.3 is 0 Å². The number of aromatic nitrogens is 10. The number of piperidine rings is 2. The van der Waals surface area contributed by atoms with E-state index < -0.39 is 0 Å². The minimum Gasteiger partial charge on any atom is -0.303 e. The first-order valence-electron chi connectivity index (χ1n) is 20.4. The van der Waals surface area contributed by atoms with Gasteiger partial charge in [0.1, 0.15) is 0 Å². The van der Waals surface area contributed by atoms with E-state index in [1.165, 1.54) is 87.9 Å². The van der Waals surface area contributed by atoms with Crippen molar-refractivity contribution < 1.29 is 0 Å².